The molecule has 166 valence electrons. The summed E-state index contributed by atoms with van der Waals surface area (Å²) < 4.78 is 48.4. The van der Waals surface area contributed by atoms with Crippen LogP contribution in [0, 0.1) is 20.8 Å². The summed E-state index contributed by atoms with van der Waals surface area (Å²) >= 11 is 0. The lowest BCUT2D eigenvalue weighted by Gasteiger charge is -2.39. The first-order valence-electron chi connectivity index (χ1n) is 9.44. The molecule has 1 N–H and O–H groups in total. The van der Waals surface area contributed by atoms with Crippen molar-refractivity contribution >= 4 is 5.97 Å². The van der Waals surface area contributed by atoms with Gasteiger partial charge in [0.05, 0.1) is 17.7 Å². The van der Waals surface area contributed by atoms with E-state index >= 15 is 0 Å². The summed E-state index contributed by atoms with van der Waals surface area (Å²) in [6, 6.07) is 0.448. The number of carboxylic acids is 1. The summed E-state index contributed by atoms with van der Waals surface area (Å²) in [5, 5.41) is 15.1. The highest BCUT2D eigenvalue weighted by molar-refractivity contribution is 5.73. The van der Waals surface area contributed by atoms with Gasteiger partial charge in [-0.05, 0) is 33.6 Å². The van der Waals surface area contributed by atoms with Crippen molar-refractivity contribution < 1.29 is 36.9 Å². The van der Waals surface area contributed by atoms with E-state index in [0.717, 1.165) is 49.9 Å². The van der Waals surface area contributed by atoms with Gasteiger partial charge in [-0.3, -0.25) is 4.90 Å². The summed E-state index contributed by atoms with van der Waals surface area (Å²) in [5.41, 5.74) is 2.15. The lowest BCUT2D eigenvalue weighted by Crippen LogP contribution is -2.48. The number of aryl methyl sites for hydroxylation is 3. The van der Waals surface area contributed by atoms with E-state index in [1.807, 2.05) is 20.8 Å². The van der Waals surface area contributed by atoms with Crippen LogP contribution < -0.4 is 0 Å². The molecule has 2 aliphatic heterocycles. The molecule has 4 heterocycles. The average Bonchev–Trinajstić information content (AvgIpc) is 3.38. The highest BCUT2D eigenvalue weighted by Gasteiger charge is 2.42. The number of halogens is 3. The van der Waals surface area contributed by atoms with Crippen LogP contribution in [0.3, 0.4) is 0 Å². The zero-order valence-electron chi connectivity index (χ0n) is 16.8. The van der Waals surface area contributed by atoms with Gasteiger partial charge in [-0.2, -0.15) is 18.2 Å². The molecule has 2 aromatic rings. The number of carbonyl (C=O) groups is 1. The van der Waals surface area contributed by atoms with Crippen molar-refractivity contribution in [2.24, 2.45) is 0 Å². The van der Waals surface area contributed by atoms with Gasteiger partial charge >= 0.3 is 12.1 Å². The van der Waals surface area contributed by atoms with Gasteiger partial charge in [0, 0.05) is 31.3 Å². The molecule has 30 heavy (non-hydrogen) atoms. The van der Waals surface area contributed by atoms with Gasteiger partial charge in [-0.25, -0.2) is 4.79 Å². The van der Waals surface area contributed by atoms with Crippen LogP contribution >= 0.6 is 0 Å². The van der Waals surface area contributed by atoms with Crippen molar-refractivity contribution in [2.45, 2.75) is 64.4 Å². The number of aliphatic carboxylic acids is 1. The monoisotopic (exact) mass is 432 g/mol. The van der Waals surface area contributed by atoms with Gasteiger partial charge in [0.25, 0.3) is 0 Å². The Labute approximate surface area is 170 Å². The molecule has 0 radical (unpaired) electrons. The number of ether oxygens (including phenoxy) is 1. The first-order chi connectivity index (χ1) is 14.1. The van der Waals surface area contributed by atoms with Crippen LogP contribution in [0.2, 0.25) is 0 Å². The highest BCUT2D eigenvalue weighted by Crippen LogP contribution is 2.36. The third-order valence-corrected chi connectivity index (χ3v) is 5.29. The Morgan fingerprint density at radius 2 is 1.93 bits per heavy atom. The number of likely N-dealkylation sites (tertiary alicyclic amines) is 1. The van der Waals surface area contributed by atoms with E-state index in [2.05, 4.69) is 20.2 Å². The minimum absolute atomic E-state index is 0.219. The molecular formula is C18H23F3N4O5. The fourth-order valence-corrected chi connectivity index (χ4v) is 3.82. The van der Waals surface area contributed by atoms with Gasteiger partial charge in [-0.15, -0.1) is 0 Å². The number of aromatic nitrogens is 3. The summed E-state index contributed by atoms with van der Waals surface area (Å²) in [6.07, 6.45) is -2.82. The predicted molar refractivity (Wildman–Crippen MR) is 94.6 cm³/mol. The largest absolute Gasteiger partial charge is 0.490 e. The zero-order valence-corrected chi connectivity index (χ0v) is 16.8. The molecule has 0 unspecified atom stereocenters. The second kappa shape index (κ2) is 8.72. The van der Waals surface area contributed by atoms with Crippen LogP contribution in [-0.4, -0.2) is 62.7 Å². The fourth-order valence-electron chi connectivity index (χ4n) is 3.82. The van der Waals surface area contributed by atoms with Crippen molar-refractivity contribution in [3.63, 3.8) is 0 Å². The average molecular weight is 432 g/mol. The van der Waals surface area contributed by atoms with Crippen molar-refractivity contribution in [3.8, 4) is 0 Å². The molecular weight excluding hydrogens is 409 g/mol. The number of carboxylic acid groups (broad SMARTS) is 1. The minimum atomic E-state index is -5.08. The molecule has 4 rings (SSSR count). The number of hydrogen-bond acceptors (Lipinski definition) is 8. The first-order valence-corrected chi connectivity index (χ1v) is 9.44. The predicted octanol–water partition coefficient (Wildman–Crippen LogP) is 2.76. The maximum atomic E-state index is 10.6. The van der Waals surface area contributed by atoms with E-state index in [0.29, 0.717) is 11.9 Å². The molecule has 12 heteroatoms. The number of hydrogen-bond donors (Lipinski definition) is 1. The van der Waals surface area contributed by atoms with E-state index < -0.39 is 12.1 Å². The second-order valence-corrected chi connectivity index (χ2v) is 7.41. The van der Waals surface area contributed by atoms with Gasteiger partial charge in [0.2, 0.25) is 5.89 Å². The van der Waals surface area contributed by atoms with Crippen LogP contribution in [0.15, 0.2) is 9.05 Å². The van der Waals surface area contributed by atoms with Crippen molar-refractivity contribution in [2.75, 3.05) is 13.2 Å². The zero-order chi connectivity index (χ0) is 22.1. The van der Waals surface area contributed by atoms with Crippen LogP contribution in [0.4, 0.5) is 13.2 Å². The third-order valence-electron chi connectivity index (χ3n) is 5.29. The summed E-state index contributed by atoms with van der Waals surface area (Å²) in [5.74, 6) is -0.232. The van der Waals surface area contributed by atoms with E-state index in [1.165, 1.54) is 5.56 Å². The number of fused-ring (bicyclic) bond motifs is 1. The quantitative estimate of drug-likeness (QED) is 0.782. The van der Waals surface area contributed by atoms with Crippen molar-refractivity contribution in [1.82, 2.24) is 20.2 Å². The van der Waals surface area contributed by atoms with Gasteiger partial charge in [0.15, 0.2) is 5.82 Å². The Balaban J connectivity index is 0.000000318. The summed E-state index contributed by atoms with van der Waals surface area (Å²) in [7, 11) is 0. The Morgan fingerprint density at radius 1 is 1.23 bits per heavy atom. The van der Waals surface area contributed by atoms with E-state index in [4.69, 9.17) is 23.7 Å². The molecule has 0 saturated carbocycles. The normalized spacial score (nSPS) is 24.3. The molecule has 9 nitrogen and oxygen atoms in total. The highest BCUT2D eigenvalue weighted by atomic mass is 19.4. The van der Waals surface area contributed by atoms with Crippen LogP contribution in [-0.2, 0) is 16.1 Å². The summed E-state index contributed by atoms with van der Waals surface area (Å²) in [6.45, 7) is 8.37. The van der Waals surface area contributed by atoms with E-state index in [-0.39, 0.29) is 12.0 Å². The molecule has 0 aromatic carbocycles. The molecule has 0 amide bonds. The van der Waals surface area contributed by atoms with Crippen LogP contribution in [0.25, 0.3) is 0 Å². The van der Waals surface area contributed by atoms with Crippen molar-refractivity contribution in [1.29, 1.82) is 0 Å². The minimum Gasteiger partial charge on any atom is -0.475 e. The molecule has 2 aliphatic rings. The van der Waals surface area contributed by atoms with Gasteiger partial charge in [0.1, 0.15) is 5.76 Å². The molecule has 2 aromatic heterocycles. The second-order valence-electron chi connectivity index (χ2n) is 7.41. The first kappa shape index (κ1) is 22.2. The smallest absolute Gasteiger partial charge is 0.475 e. The molecule has 0 bridgehead atoms. The van der Waals surface area contributed by atoms with Gasteiger partial charge in [-0.1, -0.05) is 10.3 Å². The maximum absolute atomic E-state index is 10.6. The Kier molecular flexibility index (Phi) is 6.46. The molecule has 2 saturated heterocycles. The Hall–Kier alpha value is -2.47. The standard InChI is InChI=1S/C16H22N4O3.C2HF3O2/c1-9-13(10(2)22-18-9)8-20-7-12(16-17-11(3)19-23-16)6-15-14(20)4-5-21-15;3-2(4,5)1(6)7/h12,14-15H,4-8H2,1-3H3;(H,6,7)/t12-,14+,15+;/m0./s1. The van der Waals surface area contributed by atoms with E-state index in [1.54, 1.807) is 0 Å². The number of nitrogens with zero attached hydrogens (tertiary/aromatic N) is 4. The maximum Gasteiger partial charge on any atom is 0.490 e. The Bertz CT molecular complexity index is 862. The third kappa shape index (κ3) is 4.98. The van der Waals surface area contributed by atoms with Crippen molar-refractivity contribution in [3.05, 3.63) is 28.7 Å². The van der Waals surface area contributed by atoms with Crippen LogP contribution in [0.1, 0.15) is 47.5 Å². The summed E-state index contributed by atoms with van der Waals surface area (Å²) in [4.78, 5) is 15.8. The number of rotatable bonds is 3. The molecule has 3 atom stereocenters. The Morgan fingerprint density at radius 3 is 2.47 bits per heavy atom. The molecule has 0 aliphatic carbocycles. The fraction of sp³-hybridized carbons (Fsp3) is 0.667. The molecule has 2 fully saturated rings. The molecule has 0 spiro atoms. The lowest BCUT2D eigenvalue weighted by molar-refractivity contribution is -0.192. The van der Waals surface area contributed by atoms with E-state index in [9.17, 15) is 13.2 Å². The number of piperidine rings is 1. The number of alkyl halides is 3. The van der Waals surface area contributed by atoms with Crippen LogP contribution in [0.5, 0.6) is 0 Å². The lowest BCUT2D eigenvalue weighted by atomic mass is 9.89. The topological polar surface area (TPSA) is 115 Å². The SMILES string of the molecule is Cc1noc([C@H]2C[C@H]3OCC[C@H]3N(Cc3c(C)noc3C)C2)n1.O=C(O)C(F)(F)F. The van der Waals surface area contributed by atoms with Gasteiger partial charge < -0.3 is 18.9 Å².